The number of nitrogens with zero attached hydrogens (tertiary/aromatic N) is 1. The molecule has 0 amide bonds. The Morgan fingerprint density at radius 1 is 0.864 bits per heavy atom. The fourth-order valence-corrected chi connectivity index (χ4v) is 1.90. The van der Waals surface area contributed by atoms with Crippen LogP contribution in [0.5, 0.6) is 0 Å². The molecule has 0 radical (unpaired) electrons. The predicted molar refractivity (Wildman–Crippen MR) is 78.1 cm³/mol. The first-order valence-electron chi connectivity index (χ1n) is 7.28. The van der Waals surface area contributed by atoms with Crippen molar-refractivity contribution in [1.29, 1.82) is 0 Å². The number of halogens is 6. The maximum absolute atomic E-state index is 10.7. The monoisotopic (exact) mass is 351 g/mol. The zero-order valence-electron chi connectivity index (χ0n) is 12.9. The Balaban J connectivity index is 0.000000534. The van der Waals surface area contributed by atoms with Gasteiger partial charge < -0.3 is 0 Å². The summed E-state index contributed by atoms with van der Waals surface area (Å²) in [5.41, 5.74) is 0. The van der Waals surface area contributed by atoms with Crippen molar-refractivity contribution in [2.24, 2.45) is 5.92 Å². The van der Waals surface area contributed by atoms with Crippen LogP contribution < -0.4 is 4.57 Å². The van der Waals surface area contributed by atoms with Gasteiger partial charge in [0.15, 0.2) is 12.4 Å². The number of pyridine rings is 1. The van der Waals surface area contributed by atoms with Gasteiger partial charge in [0, 0.05) is 18.6 Å². The van der Waals surface area contributed by atoms with Gasteiger partial charge in [-0.1, -0.05) is 39.2 Å². The average molecular weight is 351 g/mol. The number of aromatic nitrogens is 1. The van der Waals surface area contributed by atoms with E-state index in [1.807, 2.05) is 0 Å². The molecule has 0 aliphatic heterocycles. The molecule has 1 nitrogen and oxygen atoms in total. The fourth-order valence-electron chi connectivity index (χ4n) is 1.90. The summed E-state index contributed by atoms with van der Waals surface area (Å²) in [5, 5.41) is 0. The Hall–Kier alpha value is -0.840. The van der Waals surface area contributed by atoms with Crippen LogP contribution in [-0.2, 0) is 6.54 Å². The Morgan fingerprint density at radius 3 is 1.77 bits per heavy atom. The first kappa shape index (κ1) is 21.2. The molecule has 8 heteroatoms. The van der Waals surface area contributed by atoms with Gasteiger partial charge in [-0.2, -0.15) is 0 Å². The molecule has 0 spiro atoms. The normalized spacial score (nSPS) is 16.0. The fraction of sp³-hybridized carbons (Fsp3) is 0.643. The second kappa shape index (κ2) is 7.62. The number of hydrogen-bond acceptors (Lipinski definition) is 0. The van der Waals surface area contributed by atoms with Gasteiger partial charge in [-0.3, -0.25) is 0 Å². The van der Waals surface area contributed by atoms with Crippen LogP contribution in [0.2, 0.25) is 0 Å². The molecule has 0 fully saturated rings. The van der Waals surface area contributed by atoms with Crippen LogP contribution in [0.25, 0.3) is 0 Å². The van der Waals surface area contributed by atoms with E-state index >= 15 is 0 Å². The Bertz CT molecular complexity index is 405. The zero-order valence-corrected chi connectivity index (χ0v) is 13.8. The van der Waals surface area contributed by atoms with Gasteiger partial charge in [0.25, 0.3) is 0 Å². The van der Waals surface area contributed by atoms with Crippen LogP contribution in [0.3, 0.4) is 0 Å². The number of unbranched alkanes of at least 4 members (excludes halogenated alkanes) is 1. The summed E-state index contributed by atoms with van der Waals surface area (Å²) < 4.78 is 61.5. The molecular formula is C14H24F6NP. The summed E-state index contributed by atoms with van der Waals surface area (Å²) in [6.45, 7) is 5.81. The summed E-state index contributed by atoms with van der Waals surface area (Å²) in [6, 6.07) is 6.27. The topological polar surface area (TPSA) is 3.88 Å². The number of hydrogen-bond donors (Lipinski definition) is 0. The second-order valence-electron chi connectivity index (χ2n) is 5.46. The van der Waals surface area contributed by atoms with Gasteiger partial charge in [-0.05, 0) is 12.3 Å². The van der Waals surface area contributed by atoms with E-state index in [0.717, 1.165) is 12.5 Å². The molecule has 22 heavy (non-hydrogen) atoms. The predicted octanol–water partition coefficient (Wildman–Crippen LogP) is 6.96. The molecule has 1 rings (SSSR count). The third-order valence-corrected chi connectivity index (χ3v) is 2.94. The zero-order chi connectivity index (χ0) is 17.3. The van der Waals surface area contributed by atoms with E-state index in [1.165, 1.54) is 32.1 Å². The molecule has 0 saturated heterocycles. The number of aryl methyl sites for hydroxylation is 1. The molecule has 0 saturated carbocycles. The molecule has 0 aliphatic carbocycles. The molecule has 1 atom stereocenters. The van der Waals surface area contributed by atoms with Crippen molar-refractivity contribution in [1.82, 2.24) is 0 Å². The average Bonchev–Trinajstić information content (AvgIpc) is 2.34. The minimum absolute atomic E-state index is 0.897. The third kappa shape index (κ3) is 21.5. The standard InChI is InChI=1S/C14H24N.F6P/c1-3-4-9-14(2)10-8-13-15-11-6-5-7-12-15;1-7(2,3,4,5)6/h5-7,11-12,14H,3-4,8-10,13H2,1-2H3;/q+1;-1. The first-order valence-corrected chi connectivity index (χ1v) is 9.31. The molecule has 0 aliphatic rings. The Labute approximate surface area is 127 Å². The Kier molecular flexibility index (Phi) is 7.33. The summed E-state index contributed by atoms with van der Waals surface area (Å²) >= 11 is 0. The summed E-state index contributed by atoms with van der Waals surface area (Å²) in [5.74, 6) is 0.897. The van der Waals surface area contributed by atoms with Crippen molar-refractivity contribution in [2.45, 2.75) is 52.5 Å². The van der Waals surface area contributed by atoms with Crippen LogP contribution in [0.15, 0.2) is 30.6 Å². The van der Waals surface area contributed by atoms with Crippen LogP contribution in [0, 0.1) is 5.92 Å². The van der Waals surface area contributed by atoms with Crippen LogP contribution in [-0.4, -0.2) is 0 Å². The van der Waals surface area contributed by atoms with E-state index in [1.54, 1.807) is 0 Å². The summed E-state index contributed by atoms with van der Waals surface area (Å²) in [6.07, 6.45) is 11.1. The molecule has 1 unspecified atom stereocenters. The summed E-state index contributed by atoms with van der Waals surface area (Å²) in [7, 11) is -10.7. The van der Waals surface area contributed by atoms with E-state index in [4.69, 9.17) is 0 Å². The van der Waals surface area contributed by atoms with Gasteiger partial charge in [0.05, 0.1) is 0 Å². The van der Waals surface area contributed by atoms with Gasteiger partial charge in [-0.15, -0.1) is 0 Å². The summed E-state index contributed by atoms with van der Waals surface area (Å²) in [4.78, 5) is 0. The van der Waals surface area contributed by atoms with Crippen LogP contribution in [0.4, 0.5) is 25.2 Å². The maximum atomic E-state index is 9.87. The number of rotatable bonds is 7. The van der Waals surface area contributed by atoms with Gasteiger partial charge in [0.1, 0.15) is 6.54 Å². The van der Waals surface area contributed by atoms with Crippen molar-refractivity contribution in [3.05, 3.63) is 30.6 Å². The molecule has 0 bridgehead atoms. The second-order valence-corrected chi connectivity index (χ2v) is 7.38. The molecular weight excluding hydrogens is 327 g/mol. The van der Waals surface area contributed by atoms with E-state index in [9.17, 15) is 25.2 Å². The molecule has 1 aromatic rings. The van der Waals surface area contributed by atoms with E-state index in [0.29, 0.717) is 0 Å². The van der Waals surface area contributed by atoms with Gasteiger partial charge in [0.2, 0.25) is 0 Å². The molecule has 0 N–H and O–H groups in total. The van der Waals surface area contributed by atoms with E-state index in [2.05, 4.69) is 49.0 Å². The minimum atomic E-state index is -10.7. The molecule has 1 heterocycles. The van der Waals surface area contributed by atoms with Crippen molar-refractivity contribution in [2.75, 3.05) is 0 Å². The van der Waals surface area contributed by atoms with Crippen molar-refractivity contribution < 1.29 is 29.7 Å². The van der Waals surface area contributed by atoms with Crippen molar-refractivity contribution in [3.63, 3.8) is 0 Å². The SMILES string of the molecule is CCCCC(C)CCC[n+]1ccccc1.F[P-](F)(F)(F)(F)F. The van der Waals surface area contributed by atoms with Crippen LogP contribution in [0.1, 0.15) is 46.0 Å². The van der Waals surface area contributed by atoms with Crippen molar-refractivity contribution >= 4 is 7.81 Å². The Morgan fingerprint density at radius 2 is 1.32 bits per heavy atom. The molecule has 1 aromatic heterocycles. The first-order chi connectivity index (χ1) is 9.78. The van der Waals surface area contributed by atoms with Gasteiger partial charge >= 0.3 is 33.0 Å². The van der Waals surface area contributed by atoms with E-state index in [-0.39, 0.29) is 0 Å². The third-order valence-electron chi connectivity index (χ3n) is 2.94. The van der Waals surface area contributed by atoms with Crippen LogP contribution >= 0.6 is 7.81 Å². The van der Waals surface area contributed by atoms with E-state index < -0.39 is 7.81 Å². The molecule has 132 valence electrons. The molecule has 0 aromatic carbocycles. The quantitative estimate of drug-likeness (QED) is 0.284. The van der Waals surface area contributed by atoms with Crippen molar-refractivity contribution in [3.8, 4) is 0 Å². The van der Waals surface area contributed by atoms with Gasteiger partial charge in [-0.25, -0.2) is 4.57 Å².